The Hall–Kier alpha value is -0.410. The second-order valence-corrected chi connectivity index (χ2v) is 7.14. The summed E-state index contributed by atoms with van der Waals surface area (Å²) < 4.78 is 71.1. The Morgan fingerprint density at radius 1 is 0.483 bits per heavy atom. The molecular formula is C17H36O11S. The Kier molecular flexibility index (Phi) is 22.0. The lowest BCUT2D eigenvalue weighted by Crippen LogP contribution is -2.15. The third-order valence-electron chi connectivity index (χ3n) is 3.15. The molecule has 0 heterocycles. The maximum Gasteiger partial charge on any atom is 0.267 e. The molecule has 11 nitrogen and oxygen atoms in total. The fourth-order valence-electron chi connectivity index (χ4n) is 1.73. The molecule has 0 aromatic rings. The maximum absolute atomic E-state index is 10.4. The van der Waals surface area contributed by atoms with E-state index in [-0.39, 0.29) is 13.2 Å². The van der Waals surface area contributed by atoms with Crippen molar-refractivity contribution in [3.05, 3.63) is 0 Å². The van der Waals surface area contributed by atoms with E-state index in [1.807, 2.05) is 0 Å². The molecule has 12 heteroatoms. The van der Waals surface area contributed by atoms with Crippen LogP contribution in [0, 0.1) is 0 Å². The first-order valence-corrected chi connectivity index (χ1v) is 11.2. The predicted octanol–water partition coefficient (Wildman–Crippen LogP) is -0.363. The van der Waals surface area contributed by atoms with E-state index in [1.165, 1.54) is 0 Å². The second-order valence-electron chi connectivity index (χ2n) is 5.57. The fourth-order valence-corrected chi connectivity index (χ4v) is 2.06. The smallest absolute Gasteiger partial charge is 0.267 e. The van der Waals surface area contributed by atoms with Crippen LogP contribution in [0.3, 0.4) is 0 Å². The summed E-state index contributed by atoms with van der Waals surface area (Å²) in [4.78, 5) is 0. The average molecular weight is 449 g/mol. The van der Waals surface area contributed by atoms with Gasteiger partial charge >= 0.3 is 0 Å². The monoisotopic (exact) mass is 448 g/mol. The van der Waals surface area contributed by atoms with E-state index < -0.39 is 15.9 Å². The lowest BCUT2D eigenvalue weighted by atomic mass is 10.6. The molecule has 0 rings (SSSR count). The first-order chi connectivity index (χ1) is 14.1. The van der Waals surface area contributed by atoms with Crippen LogP contribution in [0.2, 0.25) is 0 Å². The summed E-state index contributed by atoms with van der Waals surface area (Å²) in [7, 11) is -2.34. The van der Waals surface area contributed by atoms with Gasteiger partial charge in [0.25, 0.3) is 10.1 Å². The van der Waals surface area contributed by atoms with E-state index in [0.717, 1.165) is 0 Å². The zero-order valence-electron chi connectivity index (χ0n) is 17.3. The van der Waals surface area contributed by atoms with Gasteiger partial charge in [-0.1, -0.05) is 0 Å². The zero-order valence-corrected chi connectivity index (χ0v) is 18.1. The molecule has 0 radical (unpaired) electrons. The number of methoxy groups -OCH3 is 1. The summed E-state index contributed by atoms with van der Waals surface area (Å²) in [5, 5.41) is 0. The molecule has 0 aliphatic rings. The summed E-state index contributed by atoms with van der Waals surface area (Å²) in [6, 6.07) is 0. The minimum atomic E-state index is -3.97. The van der Waals surface area contributed by atoms with Gasteiger partial charge in [0.15, 0.2) is 0 Å². The number of rotatable bonds is 24. The van der Waals surface area contributed by atoms with Gasteiger partial charge < -0.3 is 37.9 Å². The van der Waals surface area contributed by atoms with Gasteiger partial charge in [0, 0.05) is 7.11 Å². The van der Waals surface area contributed by atoms with Crippen LogP contribution in [-0.2, 0) is 48.0 Å². The van der Waals surface area contributed by atoms with Crippen molar-refractivity contribution < 1.29 is 50.9 Å². The molecule has 0 aliphatic carbocycles. The van der Waals surface area contributed by atoms with Gasteiger partial charge in [0.1, 0.15) is 0 Å². The summed E-state index contributed by atoms with van der Waals surface area (Å²) in [6.45, 7) is 6.52. The lowest BCUT2D eigenvalue weighted by Gasteiger charge is -2.08. The van der Waals surface area contributed by atoms with Crippen molar-refractivity contribution in [1.82, 2.24) is 0 Å². The molecule has 0 saturated heterocycles. The van der Waals surface area contributed by atoms with Gasteiger partial charge in [-0.3, -0.25) is 4.55 Å². The molecule has 0 saturated carbocycles. The standard InChI is InChI=1S/C17H36O11S/c1-21-2-3-22-4-5-23-6-7-24-8-9-25-10-11-26-12-13-27-14-15-28-16-17-29(18,19)20/h2-17H2,1H3,(H,18,19,20). The van der Waals surface area contributed by atoms with E-state index in [4.69, 9.17) is 42.4 Å². The molecule has 0 amide bonds. The molecule has 176 valence electrons. The number of ether oxygens (including phenoxy) is 8. The molecule has 0 aliphatic heterocycles. The summed E-state index contributed by atoms with van der Waals surface area (Å²) >= 11 is 0. The summed E-state index contributed by atoms with van der Waals surface area (Å²) in [5.74, 6) is -0.417. The van der Waals surface area contributed by atoms with Gasteiger partial charge in [0.05, 0.1) is 105 Å². The molecule has 1 N–H and O–H groups in total. The zero-order chi connectivity index (χ0) is 21.5. The highest BCUT2D eigenvalue weighted by Crippen LogP contribution is 1.86. The van der Waals surface area contributed by atoms with Crippen LogP contribution in [0.1, 0.15) is 0 Å². The van der Waals surface area contributed by atoms with Crippen molar-refractivity contribution >= 4 is 10.1 Å². The third kappa shape index (κ3) is 27.6. The predicted molar refractivity (Wildman–Crippen MR) is 104 cm³/mol. The van der Waals surface area contributed by atoms with Gasteiger partial charge in [0.2, 0.25) is 0 Å². The Bertz CT molecular complexity index is 420. The summed E-state index contributed by atoms with van der Waals surface area (Å²) in [6.07, 6.45) is 0. The first-order valence-electron chi connectivity index (χ1n) is 9.54. The number of hydrogen-bond donors (Lipinski definition) is 1. The van der Waals surface area contributed by atoms with E-state index in [2.05, 4.69) is 0 Å². The molecule has 0 aromatic heterocycles. The van der Waals surface area contributed by atoms with Crippen LogP contribution in [0.4, 0.5) is 0 Å². The van der Waals surface area contributed by atoms with Crippen LogP contribution < -0.4 is 0 Å². The number of hydrogen-bond acceptors (Lipinski definition) is 10. The quantitative estimate of drug-likeness (QED) is 0.153. The first kappa shape index (κ1) is 28.6. The van der Waals surface area contributed by atoms with Crippen molar-refractivity contribution in [2.24, 2.45) is 0 Å². The van der Waals surface area contributed by atoms with Crippen molar-refractivity contribution in [2.45, 2.75) is 0 Å². The van der Waals surface area contributed by atoms with Crippen molar-refractivity contribution in [3.8, 4) is 0 Å². The van der Waals surface area contributed by atoms with Crippen LogP contribution in [0.25, 0.3) is 0 Å². The van der Waals surface area contributed by atoms with Crippen LogP contribution in [0.5, 0.6) is 0 Å². The lowest BCUT2D eigenvalue weighted by molar-refractivity contribution is -0.0218. The largest absolute Gasteiger partial charge is 0.382 e. The van der Waals surface area contributed by atoms with Crippen molar-refractivity contribution in [3.63, 3.8) is 0 Å². The third-order valence-corrected chi connectivity index (χ3v) is 3.83. The molecule has 0 spiro atoms. The van der Waals surface area contributed by atoms with Crippen LogP contribution in [-0.4, -0.2) is 125 Å². The van der Waals surface area contributed by atoms with Crippen LogP contribution >= 0.6 is 0 Å². The Balaban J connectivity index is 3.03. The highest BCUT2D eigenvalue weighted by molar-refractivity contribution is 7.85. The maximum atomic E-state index is 10.4. The normalized spacial score (nSPS) is 11.9. The van der Waals surface area contributed by atoms with E-state index in [9.17, 15) is 8.42 Å². The van der Waals surface area contributed by atoms with E-state index in [1.54, 1.807) is 7.11 Å². The van der Waals surface area contributed by atoms with Crippen molar-refractivity contribution in [1.29, 1.82) is 0 Å². The Morgan fingerprint density at radius 3 is 0.966 bits per heavy atom. The summed E-state index contributed by atoms with van der Waals surface area (Å²) in [5.41, 5.74) is 0. The Labute approximate surface area is 173 Å². The minimum Gasteiger partial charge on any atom is -0.382 e. The molecule has 29 heavy (non-hydrogen) atoms. The SMILES string of the molecule is COCCOCCOCCOCCOCCOCCOCCOCCS(=O)(=O)O. The van der Waals surface area contributed by atoms with Gasteiger partial charge in [-0.05, 0) is 0 Å². The molecular weight excluding hydrogens is 412 g/mol. The van der Waals surface area contributed by atoms with E-state index in [0.29, 0.717) is 85.9 Å². The molecule has 0 aromatic carbocycles. The van der Waals surface area contributed by atoms with E-state index >= 15 is 0 Å². The average Bonchev–Trinajstić information content (AvgIpc) is 2.67. The molecule has 0 atom stereocenters. The van der Waals surface area contributed by atoms with Gasteiger partial charge in [-0.2, -0.15) is 8.42 Å². The second kappa shape index (κ2) is 22.3. The molecule has 0 unspecified atom stereocenters. The Morgan fingerprint density at radius 2 is 0.724 bits per heavy atom. The van der Waals surface area contributed by atoms with Gasteiger partial charge in [-0.25, -0.2) is 0 Å². The molecule has 0 bridgehead atoms. The topological polar surface area (TPSA) is 128 Å². The van der Waals surface area contributed by atoms with Crippen molar-refractivity contribution in [2.75, 3.05) is 112 Å². The van der Waals surface area contributed by atoms with Gasteiger partial charge in [-0.15, -0.1) is 0 Å². The minimum absolute atomic E-state index is 0.0585. The van der Waals surface area contributed by atoms with Crippen LogP contribution in [0.15, 0.2) is 0 Å². The molecule has 0 fully saturated rings. The highest BCUT2D eigenvalue weighted by atomic mass is 32.2. The fraction of sp³-hybridized carbons (Fsp3) is 1.00. The highest BCUT2D eigenvalue weighted by Gasteiger charge is 2.03.